The summed E-state index contributed by atoms with van der Waals surface area (Å²) < 4.78 is 6.81. The maximum absolute atomic E-state index is 13.2. The van der Waals surface area contributed by atoms with Crippen molar-refractivity contribution in [2.24, 2.45) is 0 Å². The lowest BCUT2D eigenvalue weighted by Crippen LogP contribution is -2.28. The molecule has 0 atom stereocenters. The van der Waals surface area contributed by atoms with Crippen LogP contribution in [-0.4, -0.2) is 27.6 Å². The van der Waals surface area contributed by atoms with Crippen LogP contribution in [0.5, 0.6) is 5.75 Å². The average molecular weight is 463 g/mol. The SMILES string of the molecule is COc1ccc(Cn2c(CCC(=O)NCc3ccccc3Cl)nc3ncccc3c2=O)cc1. The quantitative estimate of drug-likeness (QED) is 0.431. The average Bonchev–Trinajstić information content (AvgIpc) is 2.84. The van der Waals surface area contributed by atoms with Crippen molar-refractivity contribution in [2.75, 3.05) is 7.11 Å². The van der Waals surface area contributed by atoms with Gasteiger partial charge in [0.15, 0.2) is 5.65 Å². The van der Waals surface area contributed by atoms with Crippen LogP contribution in [0.4, 0.5) is 0 Å². The third kappa shape index (κ3) is 5.38. The second-order valence-corrected chi connectivity index (χ2v) is 7.92. The van der Waals surface area contributed by atoms with Crippen molar-refractivity contribution in [1.29, 1.82) is 0 Å². The number of fused-ring (bicyclic) bond motifs is 1. The van der Waals surface area contributed by atoms with E-state index in [0.29, 0.717) is 41.4 Å². The molecule has 168 valence electrons. The molecule has 0 saturated carbocycles. The van der Waals surface area contributed by atoms with Gasteiger partial charge < -0.3 is 10.1 Å². The van der Waals surface area contributed by atoms with Crippen molar-refractivity contribution in [3.8, 4) is 5.75 Å². The molecule has 7 nitrogen and oxygen atoms in total. The molecule has 1 N–H and O–H groups in total. The summed E-state index contributed by atoms with van der Waals surface area (Å²) in [5.41, 5.74) is 1.96. The molecule has 2 aromatic heterocycles. The molecule has 0 fully saturated rings. The Morgan fingerprint density at radius 2 is 1.88 bits per heavy atom. The van der Waals surface area contributed by atoms with Crippen LogP contribution in [0.15, 0.2) is 71.7 Å². The fourth-order valence-corrected chi connectivity index (χ4v) is 3.72. The summed E-state index contributed by atoms with van der Waals surface area (Å²) in [4.78, 5) is 34.5. The van der Waals surface area contributed by atoms with Crippen molar-refractivity contribution < 1.29 is 9.53 Å². The highest BCUT2D eigenvalue weighted by Gasteiger charge is 2.14. The van der Waals surface area contributed by atoms with E-state index in [1.165, 1.54) is 0 Å². The van der Waals surface area contributed by atoms with Gasteiger partial charge in [0.2, 0.25) is 5.91 Å². The highest BCUT2D eigenvalue weighted by molar-refractivity contribution is 6.31. The molecule has 0 unspecified atom stereocenters. The van der Waals surface area contributed by atoms with E-state index in [0.717, 1.165) is 16.9 Å². The number of halogens is 1. The van der Waals surface area contributed by atoms with Crippen LogP contribution < -0.4 is 15.6 Å². The van der Waals surface area contributed by atoms with Gasteiger partial charge in [-0.3, -0.25) is 14.2 Å². The Labute approximate surface area is 196 Å². The summed E-state index contributed by atoms with van der Waals surface area (Å²) in [5, 5.41) is 3.92. The van der Waals surface area contributed by atoms with Gasteiger partial charge in [-0.25, -0.2) is 9.97 Å². The molecule has 8 heteroatoms. The lowest BCUT2D eigenvalue weighted by molar-refractivity contribution is -0.121. The van der Waals surface area contributed by atoms with Gasteiger partial charge in [-0.15, -0.1) is 0 Å². The standard InChI is InChI=1S/C25H23ClN4O3/c1-33-19-10-8-17(9-11-19)16-30-22(29-24-20(25(30)32)6-4-14-27-24)12-13-23(31)28-15-18-5-2-3-7-21(18)26/h2-11,14H,12-13,15-16H2,1H3,(H,28,31). The fourth-order valence-electron chi connectivity index (χ4n) is 3.51. The van der Waals surface area contributed by atoms with Crippen LogP contribution >= 0.6 is 11.6 Å². The Morgan fingerprint density at radius 3 is 2.64 bits per heavy atom. The van der Waals surface area contributed by atoms with E-state index < -0.39 is 0 Å². The number of ether oxygens (including phenoxy) is 1. The van der Waals surface area contributed by atoms with Gasteiger partial charge in [-0.1, -0.05) is 41.9 Å². The molecule has 2 heterocycles. The number of aromatic nitrogens is 3. The second kappa shape index (κ2) is 10.3. The number of benzene rings is 2. The first-order valence-corrected chi connectivity index (χ1v) is 10.9. The normalized spacial score (nSPS) is 10.8. The first-order valence-electron chi connectivity index (χ1n) is 10.5. The van der Waals surface area contributed by atoms with E-state index in [1.807, 2.05) is 42.5 Å². The third-order valence-corrected chi connectivity index (χ3v) is 5.69. The van der Waals surface area contributed by atoms with Gasteiger partial charge in [0, 0.05) is 30.6 Å². The van der Waals surface area contributed by atoms with Gasteiger partial charge in [-0.05, 0) is 41.5 Å². The zero-order chi connectivity index (χ0) is 23.2. The molecular weight excluding hydrogens is 440 g/mol. The Hall–Kier alpha value is -3.71. The molecule has 4 aromatic rings. The number of hydrogen-bond donors (Lipinski definition) is 1. The molecule has 0 saturated heterocycles. The van der Waals surface area contributed by atoms with E-state index in [4.69, 9.17) is 16.3 Å². The molecule has 0 aliphatic rings. The molecule has 1 amide bonds. The number of pyridine rings is 1. The zero-order valence-electron chi connectivity index (χ0n) is 18.1. The van der Waals surface area contributed by atoms with Crippen molar-refractivity contribution in [1.82, 2.24) is 19.9 Å². The Bertz CT molecular complexity index is 1340. The summed E-state index contributed by atoms with van der Waals surface area (Å²) in [7, 11) is 1.61. The Balaban J connectivity index is 1.55. The number of carbonyl (C=O) groups excluding carboxylic acids is 1. The number of rotatable bonds is 8. The number of amides is 1. The number of nitrogens with zero attached hydrogens (tertiary/aromatic N) is 3. The van der Waals surface area contributed by atoms with Crippen molar-refractivity contribution in [2.45, 2.75) is 25.9 Å². The Kier molecular flexibility index (Phi) is 7.00. The van der Waals surface area contributed by atoms with Crippen LogP contribution in [0.25, 0.3) is 11.0 Å². The van der Waals surface area contributed by atoms with Crippen molar-refractivity contribution in [3.05, 3.63) is 99.2 Å². The minimum absolute atomic E-state index is 0.152. The molecule has 4 rings (SSSR count). The minimum Gasteiger partial charge on any atom is -0.497 e. The molecule has 0 aliphatic heterocycles. The third-order valence-electron chi connectivity index (χ3n) is 5.32. The Morgan fingerprint density at radius 1 is 1.09 bits per heavy atom. The van der Waals surface area contributed by atoms with Crippen molar-refractivity contribution in [3.63, 3.8) is 0 Å². The van der Waals surface area contributed by atoms with Gasteiger partial charge >= 0.3 is 0 Å². The summed E-state index contributed by atoms with van der Waals surface area (Å²) in [6.07, 6.45) is 2.08. The lowest BCUT2D eigenvalue weighted by atomic mass is 10.2. The number of hydrogen-bond acceptors (Lipinski definition) is 5. The van der Waals surface area contributed by atoms with Gasteiger partial charge in [0.25, 0.3) is 5.56 Å². The van der Waals surface area contributed by atoms with Crippen LogP contribution in [0.3, 0.4) is 0 Å². The second-order valence-electron chi connectivity index (χ2n) is 7.51. The van der Waals surface area contributed by atoms with Gasteiger partial charge in [0.05, 0.1) is 19.0 Å². The van der Waals surface area contributed by atoms with Gasteiger partial charge in [-0.2, -0.15) is 0 Å². The van der Waals surface area contributed by atoms with Crippen LogP contribution in [0.1, 0.15) is 23.4 Å². The summed E-state index contributed by atoms with van der Waals surface area (Å²) in [6, 6.07) is 18.3. The first kappa shape index (κ1) is 22.5. The summed E-state index contributed by atoms with van der Waals surface area (Å²) in [5.74, 6) is 1.10. The molecule has 33 heavy (non-hydrogen) atoms. The predicted octanol–water partition coefficient (Wildman–Crippen LogP) is 3.75. The molecule has 2 aromatic carbocycles. The molecule has 0 spiro atoms. The molecular formula is C25H23ClN4O3. The number of aryl methyl sites for hydroxylation is 1. The fraction of sp³-hybridized carbons (Fsp3) is 0.200. The first-order chi connectivity index (χ1) is 16.0. The molecule has 0 bridgehead atoms. The van der Waals surface area contributed by atoms with E-state index in [-0.39, 0.29) is 17.9 Å². The highest BCUT2D eigenvalue weighted by Crippen LogP contribution is 2.15. The topological polar surface area (TPSA) is 86.1 Å². The van der Waals surface area contributed by atoms with Gasteiger partial charge in [0.1, 0.15) is 11.6 Å². The zero-order valence-corrected chi connectivity index (χ0v) is 18.9. The number of nitrogens with one attached hydrogen (secondary N) is 1. The lowest BCUT2D eigenvalue weighted by Gasteiger charge is -2.14. The number of methoxy groups -OCH3 is 1. The van der Waals surface area contributed by atoms with E-state index in [9.17, 15) is 9.59 Å². The monoisotopic (exact) mass is 462 g/mol. The predicted molar refractivity (Wildman–Crippen MR) is 128 cm³/mol. The summed E-state index contributed by atoms with van der Waals surface area (Å²) in [6.45, 7) is 0.668. The minimum atomic E-state index is -0.185. The van der Waals surface area contributed by atoms with E-state index in [1.54, 1.807) is 36.1 Å². The molecule has 0 radical (unpaired) electrons. The van der Waals surface area contributed by atoms with Crippen LogP contribution in [0.2, 0.25) is 5.02 Å². The molecule has 0 aliphatic carbocycles. The van der Waals surface area contributed by atoms with E-state index in [2.05, 4.69) is 15.3 Å². The highest BCUT2D eigenvalue weighted by atomic mass is 35.5. The maximum Gasteiger partial charge on any atom is 0.263 e. The largest absolute Gasteiger partial charge is 0.497 e. The maximum atomic E-state index is 13.2. The van der Waals surface area contributed by atoms with Crippen LogP contribution in [-0.2, 0) is 24.3 Å². The summed E-state index contributed by atoms with van der Waals surface area (Å²) >= 11 is 6.16. The van der Waals surface area contributed by atoms with Crippen LogP contribution in [0, 0.1) is 0 Å². The number of carbonyl (C=O) groups is 1. The van der Waals surface area contributed by atoms with Crippen molar-refractivity contribution >= 4 is 28.5 Å². The smallest absolute Gasteiger partial charge is 0.263 e. The van der Waals surface area contributed by atoms with E-state index >= 15 is 0 Å².